The molecule has 5 nitrogen and oxygen atoms in total. The van der Waals surface area contributed by atoms with Crippen molar-refractivity contribution in [3.05, 3.63) is 53.6 Å². The number of rotatable bonds is 5. The van der Waals surface area contributed by atoms with E-state index in [0.29, 0.717) is 5.75 Å². The van der Waals surface area contributed by atoms with Crippen molar-refractivity contribution in [2.24, 2.45) is 0 Å². The number of benzene rings is 2. The lowest BCUT2D eigenvalue weighted by Crippen LogP contribution is -2.28. The van der Waals surface area contributed by atoms with Gasteiger partial charge in [-0.25, -0.2) is 0 Å². The highest BCUT2D eigenvalue weighted by Crippen LogP contribution is 2.42. The molecule has 2 amide bonds. The van der Waals surface area contributed by atoms with Crippen molar-refractivity contribution in [3.8, 4) is 5.75 Å². The van der Waals surface area contributed by atoms with Crippen molar-refractivity contribution in [1.82, 2.24) is 0 Å². The molecule has 0 radical (unpaired) electrons. The molecule has 148 valence electrons. The quantitative estimate of drug-likeness (QED) is 0.772. The summed E-state index contributed by atoms with van der Waals surface area (Å²) < 4.78 is 44.8. The maximum atomic E-state index is 13.2. The molecule has 2 aromatic rings. The van der Waals surface area contributed by atoms with Gasteiger partial charge in [-0.15, -0.1) is 11.8 Å². The Bertz CT molecular complexity index is 888. The van der Waals surface area contributed by atoms with Crippen molar-refractivity contribution in [2.75, 3.05) is 17.2 Å². The fourth-order valence-electron chi connectivity index (χ4n) is 2.56. The average molecular weight is 410 g/mol. The van der Waals surface area contributed by atoms with Crippen molar-refractivity contribution >= 4 is 35.0 Å². The van der Waals surface area contributed by atoms with Crippen molar-refractivity contribution in [1.29, 1.82) is 0 Å². The minimum absolute atomic E-state index is 0.0150. The van der Waals surface area contributed by atoms with Gasteiger partial charge in [-0.3, -0.25) is 9.59 Å². The van der Waals surface area contributed by atoms with E-state index in [2.05, 4.69) is 10.6 Å². The first-order valence-corrected chi connectivity index (χ1v) is 9.43. The van der Waals surface area contributed by atoms with Gasteiger partial charge in [-0.1, -0.05) is 30.3 Å². The molecular formula is C19H17F3N2O3S. The summed E-state index contributed by atoms with van der Waals surface area (Å²) in [6.07, 6.45) is -4.63. The molecule has 2 aromatic carbocycles. The molecule has 0 unspecified atom stereocenters. The summed E-state index contributed by atoms with van der Waals surface area (Å²) in [7, 11) is 0. The van der Waals surface area contributed by atoms with Gasteiger partial charge < -0.3 is 15.4 Å². The van der Waals surface area contributed by atoms with Crippen LogP contribution in [0.5, 0.6) is 5.75 Å². The second-order valence-electron chi connectivity index (χ2n) is 6.16. The number of nitrogens with one attached hydrogen (secondary N) is 2. The lowest BCUT2D eigenvalue weighted by molar-refractivity contribution is -0.137. The van der Waals surface area contributed by atoms with Crippen molar-refractivity contribution < 1.29 is 27.5 Å². The molecule has 0 fully saturated rings. The third-order valence-corrected chi connectivity index (χ3v) is 5.22. The van der Waals surface area contributed by atoms with Crippen LogP contribution in [-0.4, -0.2) is 23.7 Å². The van der Waals surface area contributed by atoms with E-state index in [1.54, 1.807) is 6.92 Å². The van der Waals surface area contributed by atoms with Crippen LogP contribution >= 0.6 is 11.8 Å². The number of carbonyl (C=O) groups excluding carboxylic acids is 2. The van der Waals surface area contributed by atoms with Crippen LogP contribution in [0.25, 0.3) is 0 Å². The standard InChI is InChI=1S/C19H17F3N2O3S/c1-11(28-10-12-5-3-2-4-6-12)18(26)24-15-8-13(19(20,21)22)7-14-17(15)27-9-16(25)23-14/h2-8,11H,9-10H2,1H3,(H,23,25)(H,24,26)/t11-/m1/s1. The minimum atomic E-state index is -4.63. The van der Waals surface area contributed by atoms with E-state index < -0.39 is 28.8 Å². The van der Waals surface area contributed by atoms with Gasteiger partial charge in [-0.2, -0.15) is 13.2 Å². The van der Waals surface area contributed by atoms with Gasteiger partial charge >= 0.3 is 6.18 Å². The third kappa shape index (κ3) is 4.78. The molecule has 2 N–H and O–H groups in total. The molecule has 0 aliphatic carbocycles. The Morgan fingerprint density at radius 1 is 1.29 bits per heavy atom. The molecular weight excluding hydrogens is 393 g/mol. The molecule has 1 heterocycles. The summed E-state index contributed by atoms with van der Waals surface area (Å²) in [5, 5.41) is 4.33. The third-order valence-electron chi connectivity index (χ3n) is 4.01. The van der Waals surface area contributed by atoms with Crippen molar-refractivity contribution in [3.63, 3.8) is 0 Å². The number of carbonyl (C=O) groups is 2. The molecule has 3 rings (SSSR count). The molecule has 28 heavy (non-hydrogen) atoms. The Hall–Kier alpha value is -2.68. The fraction of sp³-hybridized carbons (Fsp3) is 0.263. The van der Waals surface area contributed by atoms with Crippen LogP contribution in [-0.2, 0) is 21.5 Å². The number of ether oxygens (including phenoxy) is 1. The van der Waals surface area contributed by atoms with Gasteiger partial charge in [0, 0.05) is 5.75 Å². The molecule has 0 bridgehead atoms. The second-order valence-corrected chi connectivity index (χ2v) is 7.49. The summed E-state index contributed by atoms with van der Waals surface area (Å²) in [6, 6.07) is 11.1. The number of alkyl halides is 3. The van der Waals surface area contributed by atoms with E-state index in [1.807, 2.05) is 30.3 Å². The number of fused-ring (bicyclic) bond motifs is 1. The zero-order valence-electron chi connectivity index (χ0n) is 14.8. The first kappa shape index (κ1) is 20.1. The summed E-state index contributed by atoms with van der Waals surface area (Å²) in [6.45, 7) is 1.34. The van der Waals surface area contributed by atoms with Gasteiger partial charge in [0.1, 0.15) is 0 Å². The Morgan fingerprint density at radius 2 is 2.00 bits per heavy atom. The number of anilines is 2. The van der Waals surface area contributed by atoms with Gasteiger partial charge in [0.05, 0.1) is 22.2 Å². The van der Waals surface area contributed by atoms with Crippen LogP contribution in [0.15, 0.2) is 42.5 Å². The Morgan fingerprint density at radius 3 is 2.68 bits per heavy atom. The maximum Gasteiger partial charge on any atom is 0.416 e. The molecule has 1 aliphatic heterocycles. The smallest absolute Gasteiger partial charge is 0.416 e. The summed E-state index contributed by atoms with van der Waals surface area (Å²) >= 11 is 1.36. The number of halogens is 3. The van der Waals surface area contributed by atoms with Crippen LogP contribution in [0.4, 0.5) is 24.5 Å². The SMILES string of the molecule is C[C@@H](SCc1ccccc1)C(=O)Nc1cc(C(F)(F)F)cc2c1OCC(=O)N2. The Labute approximate surface area is 163 Å². The predicted molar refractivity (Wildman–Crippen MR) is 101 cm³/mol. The van der Waals surface area contributed by atoms with E-state index >= 15 is 0 Å². The zero-order chi connectivity index (χ0) is 20.3. The monoisotopic (exact) mass is 410 g/mol. The molecule has 0 spiro atoms. The largest absolute Gasteiger partial charge is 0.479 e. The van der Waals surface area contributed by atoms with Crippen LogP contribution in [0.2, 0.25) is 0 Å². The first-order valence-electron chi connectivity index (χ1n) is 8.38. The second kappa shape index (κ2) is 8.14. The lowest BCUT2D eigenvalue weighted by Gasteiger charge is -2.23. The Balaban J connectivity index is 1.77. The van der Waals surface area contributed by atoms with Crippen LogP contribution < -0.4 is 15.4 Å². The van der Waals surface area contributed by atoms with Gasteiger partial charge in [0.15, 0.2) is 12.4 Å². The predicted octanol–water partition coefficient (Wildman–Crippen LogP) is 4.30. The average Bonchev–Trinajstić information content (AvgIpc) is 2.65. The highest BCUT2D eigenvalue weighted by atomic mass is 32.2. The van der Waals surface area contributed by atoms with Crippen molar-refractivity contribution in [2.45, 2.75) is 24.1 Å². The highest BCUT2D eigenvalue weighted by Gasteiger charge is 2.34. The summed E-state index contributed by atoms with van der Waals surface area (Å²) in [5.41, 5.74) is -0.195. The fourth-order valence-corrected chi connectivity index (χ4v) is 3.41. The van der Waals surface area contributed by atoms with E-state index in [9.17, 15) is 22.8 Å². The first-order chi connectivity index (χ1) is 13.2. The molecule has 0 aromatic heterocycles. The number of hydrogen-bond acceptors (Lipinski definition) is 4. The van der Waals surface area contributed by atoms with Gasteiger partial charge in [-0.05, 0) is 24.6 Å². The highest BCUT2D eigenvalue weighted by molar-refractivity contribution is 7.99. The van der Waals surface area contributed by atoms with Gasteiger partial charge in [0.25, 0.3) is 5.91 Å². The summed E-state index contributed by atoms with van der Waals surface area (Å²) in [4.78, 5) is 23.9. The van der Waals surface area contributed by atoms with Crippen LogP contribution in [0.1, 0.15) is 18.1 Å². The van der Waals surface area contributed by atoms with Gasteiger partial charge in [0.2, 0.25) is 5.91 Å². The van der Waals surface area contributed by atoms with E-state index in [4.69, 9.17) is 4.74 Å². The molecule has 0 saturated heterocycles. The van der Waals surface area contributed by atoms with Crippen LogP contribution in [0, 0.1) is 0 Å². The van der Waals surface area contributed by atoms with E-state index in [0.717, 1.165) is 17.7 Å². The molecule has 9 heteroatoms. The normalized spacial score (nSPS) is 14.5. The molecule has 0 saturated carbocycles. The molecule has 1 atom stereocenters. The summed E-state index contributed by atoms with van der Waals surface area (Å²) in [5.74, 6) is -0.414. The molecule has 1 aliphatic rings. The minimum Gasteiger partial charge on any atom is -0.479 e. The van der Waals surface area contributed by atoms with Crippen LogP contribution in [0.3, 0.4) is 0 Å². The zero-order valence-corrected chi connectivity index (χ0v) is 15.6. The lowest BCUT2D eigenvalue weighted by atomic mass is 10.1. The number of amides is 2. The number of thioether (sulfide) groups is 1. The maximum absolute atomic E-state index is 13.2. The Kier molecular flexibility index (Phi) is 5.83. The number of hydrogen-bond donors (Lipinski definition) is 2. The topological polar surface area (TPSA) is 67.4 Å². The van der Waals surface area contributed by atoms with E-state index in [-0.39, 0.29) is 23.7 Å². The van der Waals surface area contributed by atoms with E-state index in [1.165, 1.54) is 11.8 Å².